The van der Waals surface area contributed by atoms with Crippen molar-refractivity contribution in [3.8, 4) is 0 Å². The Hall–Kier alpha value is -2.30. The molecular weight excluding hydrogens is 267 g/mol. The van der Waals surface area contributed by atoms with E-state index in [0.29, 0.717) is 11.1 Å². The van der Waals surface area contributed by atoms with E-state index in [1.165, 1.54) is 12.1 Å². The van der Waals surface area contributed by atoms with Crippen molar-refractivity contribution < 1.29 is 9.50 Å². The van der Waals surface area contributed by atoms with Crippen LogP contribution in [0, 0.1) is 5.82 Å². The van der Waals surface area contributed by atoms with Crippen LogP contribution < -0.4 is 5.73 Å². The van der Waals surface area contributed by atoms with Gasteiger partial charge in [-0.15, -0.1) is 0 Å². The van der Waals surface area contributed by atoms with Crippen molar-refractivity contribution in [1.82, 2.24) is 4.98 Å². The standard InChI is InChI=1S/C17H15FN2O/c18-13-8-6-11(7-9-13)15(19)17(21)14-5-1-3-12-4-2-10-20-16(12)14/h1-10,15,17,21H,19H2/t15-,17-/m1/s1. The minimum absolute atomic E-state index is 0.327. The Labute approximate surface area is 121 Å². The molecule has 0 spiro atoms. The van der Waals surface area contributed by atoms with E-state index < -0.39 is 12.1 Å². The normalized spacial score (nSPS) is 14.0. The first-order chi connectivity index (χ1) is 10.2. The minimum Gasteiger partial charge on any atom is -0.386 e. The number of aliphatic hydroxyl groups excluding tert-OH is 1. The van der Waals surface area contributed by atoms with Crippen LogP contribution in [0.4, 0.5) is 4.39 Å². The maximum Gasteiger partial charge on any atom is 0.123 e. The molecule has 1 aromatic heterocycles. The van der Waals surface area contributed by atoms with Gasteiger partial charge in [0.05, 0.1) is 11.6 Å². The molecule has 0 saturated carbocycles. The number of nitrogens with zero attached hydrogens (tertiary/aromatic N) is 1. The van der Waals surface area contributed by atoms with Gasteiger partial charge in [0, 0.05) is 17.1 Å². The predicted octanol–water partition coefficient (Wildman–Crippen LogP) is 3.11. The number of rotatable bonds is 3. The Morgan fingerprint density at radius 2 is 1.71 bits per heavy atom. The molecule has 0 aliphatic heterocycles. The number of pyridine rings is 1. The van der Waals surface area contributed by atoms with Gasteiger partial charge < -0.3 is 10.8 Å². The molecule has 0 amide bonds. The van der Waals surface area contributed by atoms with E-state index in [1.807, 2.05) is 30.3 Å². The number of hydrogen-bond acceptors (Lipinski definition) is 3. The van der Waals surface area contributed by atoms with Crippen LogP contribution in [0.2, 0.25) is 0 Å². The van der Waals surface area contributed by atoms with Crippen LogP contribution >= 0.6 is 0 Å². The zero-order chi connectivity index (χ0) is 14.8. The molecule has 4 heteroatoms. The molecule has 3 aromatic rings. The highest BCUT2D eigenvalue weighted by Gasteiger charge is 2.21. The lowest BCUT2D eigenvalue weighted by Gasteiger charge is -2.20. The second-order valence-corrected chi connectivity index (χ2v) is 4.94. The third-order valence-corrected chi connectivity index (χ3v) is 3.58. The molecule has 0 aliphatic carbocycles. The van der Waals surface area contributed by atoms with Gasteiger partial charge in [0.2, 0.25) is 0 Å². The van der Waals surface area contributed by atoms with Crippen molar-refractivity contribution in [3.05, 3.63) is 77.7 Å². The summed E-state index contributed by atoms with van der Waals surface area (Å²) < 4.78 is 13.0. The van der Waals surface area contributed by atoms with Gasteiger partial charge >= 0.3 is 0 Å². The lowest BCUT2D eigenvalue weighted by atomic mass is 9.95. The van der Waals surface area contributed by atoms with Crippen LogP contribution in [0.5, 0.6) is 0 Å². The third kappa shape index (κ3) is 2.63. The molecule has 0 bridgehead atoms. The molecule has 106 valence electrons. The Bertz CT molecular complexity index is 753. The number of aliphatic hydroxyl groups is 1. The molecule has 3 rings (SSSR count). The molecule has 0 radical (unpaired) electrons. The van der Waals surface area contributed by atoms with Gasteiger partial charge in [-0.25, -0.2) is 4.39 Å². The van der Waals surface area contributed by atoms with Gasteiger partial charge in [-0.1, -0.05) is 36.4 Å². The molecule has 0 aliphatic rings. The summed E-state index contributed by atoms with van der Waals surface area (Å²) in [4.78, 5) is 4.32. The number of aromatic nitrogens is 1. The summed E-state index contributed by atoms with van der Waals surface area (Å²) >= 11 is 0. The summed E-state index contributed by atoms with van der Waals surface area (Å²) in [5.41, 5.74) is 8.19. The van der Waals surface area contributed by atoms with Crippen molar-refractivity contribution in [2.75, 3.05) is 0 Å². The zero-order valence-electron chi connectivity index (χ0n) is 11.3. The van der Waals surface area contributed by atoms with Gasteiger partial charge in [0.15, 0.2) is 0 Å². The fraction of sp³-hybridized carbons (Fsp3) is 0.118. The van der Waals surface area contributed by atoms with Gasteiger partial charge in [0.1, 0.15) is 11.9 Å². The number of para-hydroxylation sites is 1. The monoisotopic (exact) mass is 282 g/mol. The van der Waals surface area contributed by atoms with Crippen molar-refractivity contribution in [2.45, 2.75) is 12.1 Å². The van der Waals surface area contributed by atoms with Crippen molar-refractivity contribution in [3.63, 3.8) is 0 Å². The number of hydrogen-bond donors (Lipinski definition) is 2. The molecule has 2 atom stereocenters. The summed E-state index contributed by atoms with van der Waals surface area (Å²) in [5, 5.41) is 11.5. The van der Waals surface area contributed by atoms with Crippen LogP contribution in [0.15, 0.2) is 60.8 Å². The Kier molecular flexibility index (Phi) is 3.64. The maximum atomic E-state index is 13.0. The predicted molar refractivity (Wildman–Crippen MR) is 80.0 cm³/mol. The van der Waals surface area contributed by atoms with E-state index in [0.717, 1.165) is 10.9 Å². The van der Waals surface area contributed by atoms with Crippen LogP contribution in [0.25, 0.3) is 10.9 Å². The Balaban J connectivity index is 2.00. The molecule has 2 aromatic carbocycles. The molecule has 1 heterocycles. The molecule has 3 N–H and O–H groups in total. The minimum atomic E-state index is -0.908. The zero-order valence-corrected chi connectivity index (χ0v) is 11.3. The smallest absolute Gasteiger partial charge is 0.123 e. The largest absolute Gasteiger partial charge is 0.386 e. The highest BCUT2D eigenvalue weighted by atomic mass is 19.1. The quantitative estimate of drug-likeness (QED) is 0.776. The van der Waals surface area contributed by atoms with Gasteiger partial charge in [-0.05, 0) is 23.8 Å². The van der Waals surface area contributed by atoms with E-state index in [4.69, 9.17) is 5.73 Å². The maximum absolute atomic E-state index is 13.0. The van der Waals surface area contributed by atoms with Gasteiger partial charge in [-0.2, -0.15) is 0 Å². The van der Waals surface area contributed by atoms with Gasteiger partial charge in [0.25, 0.3) is 0 Å². The van der Waals surface area contributed by atoms with E-state index >= 15 is 0 Å². The van der Waals surface area contributed by atoms with Crippen molar-refractivity contribution in [1.29, 1.82) is 0 Å². The molecule has 0 saturated heterocycles. The van der Waals surface area contributed by atoms with Crippen molar-refractivity contribution in [2.24, 2.45) is 5.73 Å². The summed E-state index contributed by atoms with van der Waals surface area (Å²) in [7, 11) is 0. The van der Waals surface area contributed by atoms with E-state index in [9.17, 15) is 9.50 Å². The highest BCUT2D eigenvalue weighted by Crippen LogP contribution is 2.30. The lowest BCUT2D eigenvalue weighted by Crippen LogP contribution is -2.20. The number of halogens is 1. The molecular formula is C17H15FN2O. The molecule has 0 fully saturated rings. The van der Waals surface area contributed by atoms with E-state index in [1.54, 1.807) is 18.3 Å². The van der Waals surface area contributed by atoms with Crippen LogP contribution in [-0.2, 0) is 0 Å². The number of fused-ring (bicyclic) bond motifs is 1. The first-order valence-electron chi connectivity index (χ1n) is 6.69. The first kappa shape index (κ1) is 13.7. The fourth-order valence-electron chi connectivity index (χ4n) is 2.43. The average Bonchev–Trinajstić information content (AvgIpc) is 2.53. The van der Waals surface area contributed by atoms with Crippen LogP contribution in [0.1, 0.15) is 23.3 Å². The Morgan fingerprint density at radius 3 is 2.48 bits per heavy atom. The fourth-order valence-corrected chi connectivity index (χ4v) is 2.43. The van der Waals surface area contributed by atoms with E-state index in [2.05, 4.69) is 4.98 Å². The summed E-state index contributed by atoms with van der Waals surface area (Å²) in [6, 6.07) is 14.6. The van der Waals surface area contributed by atoms with Gasteiger partial charge in [-0.3, -0.25) is 4.98 Å². The number of benzene rings is 2. The summed E-state index contributed by atoms with van der Waals surface area (Å²) in [5.74, 6) is -0.327. The third-order valence-electron chi connectivity index (χ3n) is 3.58. The topological polar surface area (TPSA) is 59.1 Å². The summed E-state index contributed by atoms with van der Waals surface area (Å²) in [6.07, 6.45) is 0.774. The average molecular weight is 282 g/mol. The Morgan fingerprint density at radius 1 is 1.00 bits per heavy atom. The molecule has 21 heavy (non-hydrogen) atoms. The highest BCUT2D eigenvalue weighted by molar-refractivity contribution is 5.81. The second kappa shape index (κ2) is 5.60. The second-order valence-electron chi connectivity index (χ2n) is 4.94. The van der Waals surface area contributed by atoms with E-state index in [-0.39, 0.29) is 5.82 Å². The number of nitrogens with two attached hydrogens (primary N) is 1. The first-order valence-corrected chi connectivity index (χ1v) is 6.69. The molecule has 0 unspecified atom stereocenters. The lowest BCUT2D eigenvalue weighted by molar-refractivity contribution is 0.148. The van der Waals surface area contributed by atoms with Crippen molar-refractivity contribution >= 4 is 10.9 Å². The SMILES string of the molecule is N[C@H](c1ccc(F)cc1)[C@H](O)c1cccc2cccnc12. The molecule has 3 nitrogen and oxygen atoms in total. The van der Waals surface area contributed by atoms with Crippen LogP contribution in [0.3, 0.4) is 0 Å². The summed E-state index contributed by atoms with van der Waals surface area (Å²) in [6.45, 7) is 0. The van der Waals surface area contributed by atoms with Crippen LogP contribution in [-0.4, -0.2) is 10.1 Å².